The van der Waals surface area contributed by atoms with Crippen LogP contribution in [0.1, 0.15) is 6.23 Å². The summed E-state index contributed by atoms with van der Waals surface area (Å²) in [6.07, 6.45) is -0.680. The van der Waals surface area contributed by atoms with Gasteiger partial charge in [-0.15, -0.1) is 0 Å². The molecule has 5 N–H and O–H groups in total. The summed E-state index contributed by atoms with van der Waals surface area (Å²) in [7, 11) is -4.62. The van der Waals surface area contributed by atoms with Crippen LogP contribution in [0.2, 0.25) is 0 Å². The van der Waals surface area contributed by atoms with Gasteiger partial charge < -0.3 is 34.8 Å². The number of nitrogens with zero attached hydrogens (tertiary/aromatic N) is 4. The molecule has 0 saturated carbocycles. The summed E-state index contributed by atoms with van der Waals surface area (Å²) in [5.74, 6) is 0.184. The first-order valence-electron chi connectivity index (χ1n) is 6.95. The first-order valence-corrected chi connectivity index (χ1v) is 8.64. The quantitative estimate of drug-likeness (QED) is 0.471. The van der Waals surface area contributed by atoms with Crippen LogP contribution in [0.25, 0.3) is 11.2 Å². The topological polar surface area (TPSA) is 175 Å². The Bertz CT molecular complexity index is 824. The molecule has 2 aliphatic rings. The highest BCUT2D eigenvalue weighted by Crippen LogP contribution is 2.51. The number of anilines is 1. The molecule has 24 heavy (non-hydrogen) atoms. The molecule has 5 atom stereocenters. The van der Waals surface area contributed by atoms with E-state index in [1.807, 2.05) is 0 Å². The number of ether oxygens (including phenoxy) is 3. The number of fused-ring (bicyclic) bond motifs is 2. The van der Waals surface area contributed by atoms with Gasteiger partial charge in [-0.1, -0.05) is 0 Å². The van der Waals surface area contributed by atoms with Crippen LogP contribution in [0.5, 0.6) is 0 Å². The first kappa shape index (κ1) is 15.8. The highest BCUT2D eigenvalue weighted by molar-refractivity contribution is 7.52. The van der Waals surface area contributed by atoms with Crippen molar-refractivity contribution in [1.82, 2.24) is 19.5 Å². The number of hydrogen-bond donors (Lipinski definition) is 4. The summed E-state index contributed by atoms with van der Waals surface area (Å²) in [6.45, 7) is -0.404. The molecule has 0 amide bonds. The molecule has 4 heterocycles. The van der Waals surface area contributed by atoms with E-state index in [1.54, 1.807) is 0 Å². The fourth-order valence-corrected chi connectivity index (χ4v) is 3.50. The van der Waals surface area contributed by atoms with Crippen molar-refractivity contribution in [2.24, 2.45) is 0 Å². The third kappa shape index (κ3) is 2.31. The summed E-state index contributed by atoms with van der Waals surface area (Å²) in [5, 5.41) is 9.45. The zero-order valence-corrected chi connectivity index (χ0v) is 12.9. The van der Waals surface area contributed by atoms with Gasteiger partial charge in [0.15, 0.2) is 17.7 Å². The SMILES string of the molecule is Nc1ncnc2c1ncn2C1OC(CO)C2OC(P(=O)(O)O)OC21. The van der Waals surface area contributed by atoms with Gasteiger partial charge in [-0.2, -0.15) is 0 Å². The van der Waals surface area contributed by atoms with Gasteiger partial charge in [0.1, 0.15) is 30.2 Å². The summed E-state index contributed by atoms with van der Waals surface area (Å²) >= 11 is 0. The normalized spacial score (nSPS) is 33.2. The van der Waals surface area contributed by atoms with E-state index in [4.69, 9.17) is 19.9 Å². The molecule has 0 radical (unpaired) electrons. The van der Waals surface area contributed by atoms with E-state index in [0.717, 1.165) is 0 Å². The van der Waals surface area contributed by atoms with Gasteiger partial charge in [0.2, 0.25) is 0 Å². The molecule has 0 aliphatic carbocycles. The maximum Gasteiger partial charge on any atom is 0.381 e. The average Bonchev–Trinajstić information content (AvgIpc) is 3.18. The van der Waals surface area contributed by atoms with Crippen molar-refractivity contribution in [2.75, 3.05) is 12.3 Å². The van der Waals surface area contributed by atoms with Gasteiger partial charge in [-0.3, -0.25) is 9.13 Å². The summed E-state index contributed by atoms with van der Waals surface area (Å²) in [5.41, 5.74) is 6.47. The maximum atomic E-state index is 11.4. The van der Waals surface area contributed by atoms with E-state index >= 15 is 0 Å². The second-order valence-electron chi connectivity index (χ2n) is 5.43. The molecule has 0 spiro atoms. The lowest BCUT2D eigenvalue weighted by atomic mass is 10.1. The molecule has 130 valence electrons. The smallest absolute Gasteiger partial charge is 0.381 e. The Labute approximate surface area is 134 Å². The number of rotatable bonds is 3. The molecular formula is C11H14N5O7P. The molecule has 2 aromatic rings. The minimum absolute atomic E-state index is 0.184. The number of aliphatic hydroxyl groups excluding tert-OH is 1. The number of hydrogen-bond acceptors (Lipinski definition) is 9. The van der Waals surface area contributed by atoms with E-state index in [9.17, 15) is 19.5 Å². The Morgan fingerprint density at radius 1 is 1.21 bits per heavy atom. The van der Waals surface area contributed by atoms with E-state index in [0.29, 0.717) is 11.2 Å². The molecule has 5 unspecified atom stereocenters. The molecule has 13 heteroatoms. The summed E-state index contributed by atoms with van der Waals surface area (Å²) < 4.78 is 29.2. The minimum atomic E-state index is -4.62. The highest BCUT2D eigenvalue weighted by Gasteiger charge is 2.57. The lowest BCUT2D eigenvalue weighted by Crippen LogP contribution is -2.30. The van der Waals surface area contributed by atoms with Crippen LogP contribution in [-0.2, 0) is 18.8 Å². The predicted molar refractivity (Wildman–Crippen MR) is 76.3 cm³/mol. The zero-order chi connectivity index (χ0) is 17.1. The van der Waals surface area contributed by atoms with Gasteiger partial charge in [0.25, 0.3) is 6.03 Å². The maximum absolute atomic E-state index is 11.4. The number of aliphatic hydroxyl groups is 1. The van der Waals surface area contributed by atoms with Gasteiger partial charge in [0.05, 0.1) is 12.9 Å². The first-order chi connectivity index (χ1) is 11.4. The van der Waals surface area contributed by atoms with Crippen molar-refractivity contribution in [2.45, 2.75) is 30.6 Å². The van der Waals surface area contributed by atoms with Crippen molar-refractivity contribution >= 4 is 24.6 Å². The Balaban J connectivity index is 1.73. The fraction of sp³-hybridized carbons (Fsp3) is 0.545. The molecule has 2 fully saturated rings. The standard InChI is InChI=1S/C11H14N5O7P/c12-8-5-9(14-2-13-8)16(3-15-5)10-7-6(4(1-17)21-10)22-11(23-7)24(18,19)20/h2-4,6-7,10-11,17H,1H2,(H2,12,13,14)(H2,18,19,20). The largest absolute Gasteiger partial charge is 0.394 e. The van der Waals surface area contributed by atoms with Gasteiger partial charge in [-0.25, -0.2) is 15.0 Å². The second-order valence-corrected chi connectivity index (χ2v) is 7.03. The predicted octanol–water partition coefficient (Wildman–Crippen LogP) is -1.46. The number of aromatic nitrogens is 4. The van der Waals surface area contributed by atoms with Crippen molar-refractivity contribution < 1.29 is 33.7 Å². The molecule has 2 aromatic heterocycles. The Kier molecular flexibility index (Phi) is 3.58. The zero-order valence-electron chi connectivity index (χ0n) is 12.0. The van der Waals surface area contributed by atoms with E-state index in [1.165, 1.54) is 17.2 Å². The molecule has 0 aromatic carbocycles. The molecule has 2 saturated heterocycles. The van der Waals surface area contributed by atoms with E-state index in [2.05, 4.69) is 15.0 Å². The van der Waals surface area contributed by atoms with Gasteiger partial charge >= 0.3 is 7.60 Å². The van der Waals surface area contributed by atoms with Crippen LogP contribution in [-0.4, -0.2) is 65.4 Å². The van der Waals surface area contributed by atoms with Gasteiger partial charge in [0, 0.05) is 0 Å². The summed E-state index contributed by atoms with van der Waals surface area (Å²) in [4.78, 5) is 30.6. The Morgan fingerprint density at radius 3 is 2.67 bits per heavy atom. The van der Waals surface area contributed by atoms with Gasteiger partial charge in [-0.05, 0) is 0 Å². The van der Waals surface area contributed by atoms with Crippen LogP contribution in [0.15, 0.2) is 12.7 Å². The third-order valence-electron chi connectivity index (χ3n) is 3.95. The number of imidazole rings is 1. The molecular weight excluding hydrogens is 345 g/mol. The second kappa shape index (κ2) is 5.43. The summed E-state index contributed by atoms with van der Waals surface area (Å²) in [6, 6.07) is -1.71. The van der Waals surface area contributed by atoms with Crippen molar-refractivity contribution in [3.8, 4) is 0 Å². The van der Waals surface area contributed by atoms with Crippen molar-refractivity contribution in [3.05, 3.63) is 12.7 Å². The lowest BCUT2D eigenvalue weighted by molar-refractivity contribution is -0.128. The average molecular weight is 359 g/mol. The fourth-order valence-electron chi connectivity index (χ4n) is 2.90. The Hall–Kier alpha value is -1.66. The monoisotopic (exact) mass is 359 g/mol. The number of nitrogen functional groups attached to an aromatic ring is 1. The van der Waals surface area contributed by atoms with Crippen LogP contribution in [0.4, 0.5) is 5.82 Å². The molecule has 4 rings (SSSR count). The van der Waals surface area contributed by atoms with Crippen LogP contribution < -0.4 is 5.73 Å². The van der Waals surface area contributed by atoms with E-state index in [-0.39, 0.29) is 5.82 Å². The third-order valence-corrected chi connectivity index (χ3v) is 4.74. The minimum Gasteiger partial charge on any atom is -0.394 e. The van der Waals surface area contributed by atoms with Crippen LogP contribution in [0, 0.1) is 0 Å². The molecule has 0 bridgehead atoms. The van der Waals surface area contributed by atoms with E-state index < -0.39 is 44.8 Å². The highest BCUT2D eigenvalue weighted by atomic mass is 31.2. The Morgan fingerprint density at radius 2 is 1.96 bits per heavy atom. The van der Waals surface area contributed by atoms with Crippen LogP contribution in [0.3, 0.4) is 0 Å². The van der Waals surface area contributed by atoms with Crippen molar-refractivity contribution in [3.63, 3.8) is 0 Å². The van der Waals surface area contributed by atoms with Crippen LogP contribution >= 0.6 is 7.60 Å². The molecule has 12 nitrogen and oxygen atoms in total. The molecule has 2 aliphatic heterocycles. The number of nitrogens with two attached hydrogens (primary N) is 1. The van der Waals surface area contributed by atoms with Crippen molar-refractivity contribution in [1.29, 1.82) is 0 Å². The lowest BCUT2D eigenvalue weighted by Gasteiger charge is -2.20.